The molecule has 1 aromatic heterocycles. The highest BCUT2D eigenvalue weighted by Crippen LogP contribution is 2.38. The number of aliphatic hydroxyl groups excluding tert-OH is 1. The monoisotopic (exact) mass is 511 g/mol. The molecular weight excluding hydrogens is 494 g/mol. The molecule has 0 saturated carbocycles. The lowest BCUT2D eigenvalue weighted by Crippen LogP contribution is -2.20. The molecule has 0 spiro atoms. The summed E-state index contributed by atoms with van der Waals surface area (Å²) in [4.78, 5) is -0.570. The van der Waals surface area contributed by atoms with Gasteiger partial charge in [-0.2, -0.15) is 23.5 Å². The molecule has 0 radical (unpaired) electrons. The van der Waals surface area contributed by atoms with E-state index in [1.807, 2.05) is 0 Å². The van der Waals surface area contributed by atoms with Gasteiger partial charge in [-0.1, -0.05) is 0 Å². The zero-order valence-electron chi connectivity index (χ0n) is 17.8. The highest BCUT2D eigenvalue weighted by atomic mass is 32.2. The molecule has 35 heavy (non-hydrogen) atoms. The van der Waals surface area contributed by atoms with Crippen LogP contribution in [0.3, 0.4) is 0 Å². The lowest BCUT2D eigenvalue weighted by Gasteiger charge is -2.24. The Kier molecular flexibility index (Phi) is 6.44. The molecule has 0 aliphatic carbocycles. The number of rotatable bonds is 5. The molecule has 8 nitrogen and oxygen atoms in total. The maximum absolute atomic E-state index is 13.9. The molecule has 4 rings (SSSR count). The number of benzene rings is 2. The van der Waals surface area contributed by atoms with Crippen molar-refractivity contribution in [2.24, 2.45) is 0 Å². The van der Waals surface area contributed by atoms with Gasteiger partial charge in [-0.3, -0.25) is 0 Å². The number of nitrogens with zero attached hydrogens (tertiary/aromatic N) is 3. The zero-order valence-corrected chi connectivity index (χ0v) is 18.6. The summed E-state index contributed by atoms with van der Waals surface area (Å²) in [6, 6.07) is 7.22. The van der Waals surface area contributed by atoms with E-state index in [0.717, 1.165) is 31.0 Å². The summed E-state index contributed by atoms with van der Waals surface area (Å²) < 4.78 is 90.7. The molecule has 0 amide bonds. The van der Waals surface area contributed by atoms with Gasteiger partial charge in [0.05, 0.1) is 39.0 Å². The molecule has 2 heterocycles. The van der Waals surface area contributed by atoms with Crippen molar-refractivity contribution in [3.8, 4) is 17.6 Å². The normalized spacial score (nSPS) is 17.3. The van der Waals surface area contributed by atoms with Gasteiger partial charge in [-0.05, 0) is 43.5 Å². The second-order valence-corrected chi connectivity index (χ2v) is 9.44. The second-order valence-electron chi connectivity index (χ2n) is 7.67. The highest BCUT2D eigenvalue weighted by Gasteiger charge is 2.36. The fourth-order valence-corrected chi connectivity index (χ4v) is 4.94. The van der Waals surface area contributed by atoms with E-state index < -0.39 is 38.7 Å². The van der Waals surface area contributed by atoms with Crippen LogP contribution in [0.1, 0.15) is 31.1 Å². The lowest BCUT2D eigenvalue weighted by atomic mass is 10.2. The Labute approximate surface area is 196 Å². The van der Waals surface area contributed by atoms with Crippen molar-refractivity contribution in [3.63, 3.8) is 0 Å². The molecule has 1 saturated heterocycles. The molecule has 13 heteroatoms. The minimum Gasteiger partial charge on any atom is -0.504 e. The van der Waals surface area contributed by atoms with Crippen LogP contribution < -0.4 is 4.74 Å². The van der Waals surface area contributed by atoms with E-state index in [1.54, 1.807) is 6.07 Å². The predicted octanol–water partition coefficient (Wildman–Crippen LogP) is 5.27. The van der Waals surface area contributed by atoms with Crippen molar-refractivity contribution < 1.29 is 40.6 Å². The molecule has 1 unspecified atom stereocenters. The van der Waals surface area contributed by atoms with Gasteiger partial charge in [-0.25, -0.2) is 17.5 Å². The average Bonchev–Trinajstić information content (AvgIpc) is 3.24. The fourth-order valence-electron chi connectivity index (χ4n) is 3.65. The molecular formula is C22H17F4N3O5S. The minimum absolute atomic E-state index is 0.0134. The van der Waals surface area contributed by atoms with Crippen LogP contribution in [0.5, 0.6) is 11.5 Å². The number of fused-ring (bicyclic) bond motifs is 1. The van der Waals surface area contributed by atoms with Gasteiger partial charge in [0.1, 0.15) is 17.3 Å². The number of halogens is 4. The summed E-state index contributed by atoms with van der Waals surface area (Å²) in [5.41, 5.74) is -0.132. The van der Waals surface area contributed by atoms with Gasteiger partial charge >= 0.3 is 6.18 Å². The van der Waals surface area contributed by atoms with E-state index in [9.17, 15) is 31.1 Å². The highest BCUT2D eigenvalue weighted by molar-refractivity contribution is 7.94. The Bertz CT molecular complexity index is 1450. The Balaban J connectivity index is 1.89. The first kappa shape index (κ1) is 24.5. The summed E-state index contributed by atoms with van der Waals surface area (Å²) in [6.07, 6.45) is -2.71. The average molecular weight is 511 g/mol. The van der Waals surface area contributed by atoms with Crippen molar-refractivity contribution in [3.05, 3.63) is 59.1 Å². The second kappa shape index (κ2) is 9.20. The van der Waals surface area contributed by atoms with Gasteiger partial charge in [0.15, 0.2) is 6.23 Å². The van der Waals surface area contributed by atoms with E-state index in [1.165, 1.54) is 23.0 Å². The third-order valence-electron chi connectivity index (χ3n) is 5.20. The number of hydrogen-bond donors (Lipinski definition) is 1. The summed E-state index contributed by atoms with van der Waals surface area (Å²) in [7, 11) is -4.81. The standard InChI is InChI=1S/C22H17F4N3O5S/c23-14-7-13(10-27)8-15(9-14)34-17-4-5-18(35(31,32)12-19(30)22(24,25)26)21-16(17)11-28-29(21)20-3-1-2-6-33-20/h4-5,7-9,11-12,20,30H,1-3,6H2/b19-12-. The Morgan fingerprint density at radius 3 is 2.71 bits per heavy atom. The van der Waals surface area contributed by atoms with Crippen LogP contribution in [-0.2, 0) is 14.6 Å². The first-order chi connectivity index (χ1) is 16.5. The summed E-state index contributed by atoms with van der Waals surface area (Å²) in [6.45, 7) is 0.374. The van der Waals surface area contributed by atoms with Crippen molar-refractivity contribution >= 4 is 20.7 Å². The zero-order chi connectivity index (χ0) is 25.4. The molecule has 1 atom stereocenters. The lowest BCUT2D eigenvalue weighted by molar-refractivity contribution is -0.120. The fraction of sp³-hybridized carbons (Fsp3) is 0.273. The number of allylic oxidation sites excluding steroid dienone is 1. The minimum atomic E-state index is -5.27. The molecule has 1 N–H and O–H groups in total. The van der Waals surface area contributed by atoms with E-state index in [4.69, 9.17) is 14.7 Å². The van der Waals surface area contributed by atoms with E-state index >= 15 is 0 Å². The molecule has 1 aliphatic rings. The quantitative estimate of drug-likeness (QED) is 0.366. The summed E-state index contributed by atoms with van der Waals surface area (Å²) in [5.74, 6) is -3.07. The molecule has 184 valence electrons. The van der Waals surface area contributed by atoms with Gasteiger partial charge in [0.25, 0.3) is 0 Å². The van der Waals surface area contributed by atoms with Crippen LogP contribution in [0.15, 0.2) is 52.6 Å². The number of aliphatic hydroxyl groups is 1. The van der Waals surface area contributed by atoms with Crippen LogP contribution in [0.4, 0.5) is 17.6 Å². The molecule has 0 bridgehead atoms. The largest absolute Gasteiger partial charge is 0.504 e. The van der Waals surface area contributed by atoms with Crippen molar-refractivity contribution in [1.29, 1.82) is 5.26 Å². The van der Waals surface area contributed by atoms with Crippen LogP contribution >= 0.6 is 0 Å². The van der Waals surface area contributed by atoms with Crippen LogP contribution in [0.25, 0.3) is 10.9 Å². The van der Waals surface area contributed by atoms with Crippen LogP contribution in [0, 0.1) is 17.1 Å². The number of hydrogen-bond acceptors (Lipinski definition) is 7. The summed E-state index contributed by atoms with van der Waals surface area (Å²) >= 11 is 0. The number of ether oxygens (including phenoxy) is 2. The third kappa shape index (κ3) is 5.08. The van der Waals surface area contributed by atoms with Gasteiger partial charge in [0, 0.05) is 12.7 Å². The van der Waals surface area contributed by atoms with Crippen molar-refractivity contribution in [1.82, 2.24) is 9.78 Å². The van der Waals surface area contributed by atoms with E-state index in [-0.39, 0.29) is 33.4 Å². The van der Waals surface area contributed by atoms with Crippen LogP contribution in [0.2, 0.25) is 0 Å². The number of alkyl halides is 3. The number of aromatic nitrogens is 2. The SMILES string of the molecule is N#Cc1cc(F)cc(Oc2ccc(S(=O)(=O)/C=C(\O)C(F)(F)F)c3c2cnn3C2CCCCO2)c1. The van der Waals surface area contributed by atoms with Gasteiger partial charge in [0.2, 0.25) is 15.6 Å². The molecule has 2 aromatic carbocycles. The Morgan fingerprint density at radius 1 is 1.29 bits per heavy atom. The van der Waals surface area contributed by atoms with E-state index in [0.29, 0.717) is 13.0 Å². The Hall–Kier alpha value is -3.63. The number of nitriles is 1. The first-order valence-electron chi connectivity index (χ1n) is 10.2. The molecule has 1 fully saturated rings. The number of sulfone groups is 1. The Morgan fingerprint density at radius 2 is 2.06 bits per heavy atom. The van der Waals surface area contributed by atoms with E-state index in [2.05, 4.69) is 5.10 Å². The summed E-state index contributed by atoms with van der Waals surface area (Å²) in [5, 5.41) is 22.3. The van der Waals surface area contributed by atoms with Crippen LogP contribution in [-0.4, -0.2) is 36.1 Å². The third-order valence-corrected chi connectivity index (χ3v) is 6.68. The maximum atomic E-state index is 13.9. The smallest absolute Gasteiger partial charge is 0.449 e. The van der Waals surface area contributed by atoms with Crippen molar-refractivity contribution in [2.75, 3.05) is 6.61 Å². The predicted molar refractivity (Wildman–Crippen MR) is 114 cm³/mol. The maximum Gasteiger partial charge on any atom is 0.449 e. The van der Waals surface area contributed by atoms with Gasteiger partial charge < -0.3 is 14.6 Å². The molecule has 1 aliphatic heterocycles. The topological polar surface area (TPSA) is 114 Å². The van der Waals surface area contributed by atoms with Crippen molar-refractivity contribution in [2.45, 2.75) is 36.6 Å². The first-order valence-corrected chi connectivity index (χ1v) is 11.8. The van der Waals surface area contributed by atoms with Gasteiger partial charge in [-0.15, -0.1) is 0 Å². The molecule has 3 aromatic rings.